The molecule has 4 rings (SSSR count). The van der Waals surface area contributed by atoms with Gasteiger partial charge in [-0.1, -0.05) is 12.1 Å². The van der Waals surface area contributed by atoms with Crippen LogP contribution in [0.15, 0.2) is 48.8 Å². The molecule has 164 valence electrons. The Kier molecular flexibility index (Phi) is 6.06. The summed E-state index contributed by atoms with van der Waals surface area (Å²) in [6.45, 7) is 2.49. The quantitative estimate of drug-likeness (QED) is 0.620. The molecule has 0 spiro atoms. The average Bonchev–Trinajstić information content (AvgIpc) is 3.03. The van der Waals surface area contributed by atoms with E-state index in [9.17, 15) is 18.0 Å². The van der Waals surface area contributed by atoms with Crippen LogP contribution in [0.4, 0.5) is 13.2 Å². The van der Waals surface area contributed by atoms with Gasteiger partial charge in [-0.3, -0.25) is 14.7 Å². The lowest BCUT2D eigenvalue weighted by Crippen LogP contribution is -2.36. The maximum absolute atomic E-state index is 13.7. The maximum atomic E-state index is 13.7. The normalized spacial score (nSPS) is 15.4. The van der Waals surface area contributed by atoms with Crippen molar-refractivity contribution in [3.63, 3.8) is 0 Å². The van der Waals surface area contributed by atoms with Crippen molar-refractivity contribution < 1.29 is 18.0 Å². The van der Waals surface area contributed by atoms with Crippen LogP contribution in [0.1, 0.15) is 33.6 Å². The first-order valence-corrected chi connectivity index (χ1v) is 10.2. The molecular formula is C23H20F3N5O. The average molecular weight is 439 g/mol. The van der Waals surface area contributed by atoms with E-state index in [1.807, 2.05) is 18.2 Å². The SMILES string of the molecule is N#Cc1cccc(CN2CCCN(C(=O)c3cc4cnccc4nc3C(F)(F)F)CC2)c1. The highest BCUT2D eigenvalue weighted by Crippen LogP contribution is 2.33. The molecular weight excluding hydrogens is 419 g/mol. The van der Waals surface area contributed by atoms with Crippen molar-refractivity contribution in [1.29, 1.82) is 5.26 Å². The highest BCUT2D eigenvalue weighted by molar-refractivity contribution is 5.98. The van der Waals surface area contributed by atoms with Gasteiger partial charge in [0, 0.05) is 50.5 Å². The fourth-order valence-electron chi connectivity index (χ4n) is 3.90. The van der Waals surface area contributed by atoms with Gasteiger partial charge in [0.05, 0.1) is 22.7 Å². The molecule has 1 fully saturated rings. The van der Waals surface area contributed by atoms with Crippen molar-refractivity contribution in [3.05, 3.63) is 71.2 Å². The van der Waals surface area contributed by atoms with Crippen molar-refractivity contribution in [2.75, 3.05) is 26.2 Å². The van der Waals surface area contributed by atoms with E-state index in [0.29, 0.717) is 50.1 Å². The zero-order chi connectivity index (χ0) is 22.7. The lowest BCUT2D eigenvalue weighted by molar-refractivity contribution is -0.141. The monoisotopic (exact) mass is 439 g/mol. The van der Waals surface area contributed by atoms with Crippen LogP contribution in [0, 0.1) is 11.3 Å². The van der Waals surface area contributed by atoms with Crippen LogP contribution in [-0.2, 0) is 12.7 Å². The summed E-state index contributed by atoms with van der Waals surface area (Å²) in [4.78, 5) is 24.4. The van der Waals surface area contributed by atoms with E-state index in [1.165, 1.54) is 29.4 Å². The van der Waals surface area contributed by atoms with E-state index in [4.69, 9.17) is 5.26 Å². The molecule has 0 unspecified atom stereocenters. The summed E-state index contributed by atoms with van der Waals surface area (Å²) in [5.74, 6) is -0.677. The van der Waals surface area contributed by atoms with Gasteiger partial charge in [0.2, 0.25) is 0 Å². The third kappa shape index (κ3) is 4.70. The molecule has 0 aliphatic carbocycles. The molecule has 0 N–H and O–H groups in total. The van der Waals surface area contributed by atoms with E-state index in [1.54, 1.807) is 6.07 Å². The second kappa shape index (κ2) is 8.93. The Morgan fingerprint density at radius 1 is 1.12 bits per heavy atom. The Hall–Kier alpha value is -3.51. The molecule has 2 aromatic heterocycles. The first kappa shape index (κ1) is 21.7. The number of halogens is 3. The standard InChI is InChI=1S/C23H20F3N5O/c24-23(25,26)21-19(12-18-14-28-6-5-20(18)29-21)22(32)31-8-2-7-30(9-10-31)15-17-4-1-3-16(11-17)13-27/h1,3-6,11-12,14H,2,7-10,15H2. The van der Waals surface area contributed by atoms with Gasteiger partial charge in [-0.25, -0.2) is 4.98 Å². The fourth-order valence-corrected chi connectivity index (χ4v) is 3.90. The van der Waals surface area contributed by atoms with Crippen LogP contribution < -0.4 is 0 Å². The number of aromatic nitrogens is 2. The minimum atomic E-state index is -4.74. The first-order valence-electron chi connectivity index (χ1n) is 10.2. The number of pyridine rings is 2. The summed E-state index contributed by atoms with van der Waals surface area (Å²) >= 11 is 0. The van der Waals surface area contributed by atoms with E-state index in [-0.39, 0.29) is 5.52 Å². The number of benzene rings is 1. The fraction of sp³-hybridized carbons (Fsp3) is 0.304. The van der Waals surface area contributed by atoms with Crippen LogP contribution in [0.5, 0.6) is 0 Å². The Labute approximate surface area is 182 Å². The van der Waals surface area contributed by atoms with Gasteiger partial charge in [0.1, 0.15) is 0 Å². The predicted octanol–water partition coefficient (Wildman–Crippen LogP) is 3.87. The van der Waals surface area contributed by atoms with Crippen LogP contribution >= 0.6 is 0 Å². The van der Waals surface area contributed by atoms with Gasteiger partial charge in [-0.05, 0) is 36.2 Å². The van der Waals surface area contributed by atoms with Gasteiger partial charge in [-0.15, -0.1) is 0 Å². The van der Waals surface area contributed by atoms with E-state index in [2.05, 4.69) is 20.9 Å². The molecule has 3 aromatic rings. The number of amides is 1. The Morgan fingerprint density at radius 2 is 1.97 bits per heavy atom. The Morgan fingerprint density at radius 3 is 2.75 bits per heavy atom. The molecule has 1 aliphatic heterocycles. The summed E-state index contributed by atoms with van der Waals surface area (Å²) in [6.07, 6.45) is -1.34. The predicted molar refractivity (Wildman–Crippen MR) is 111 cm³/mol. The largest absolute Gasteiger partial charge is 0.434 e. The molecule has 0 saturated carbocycles. The molecule has 32 heavy (non-hydrogen) atoms. The van der Waals surface area contributed by atoms with Gasteiger partial charge in [0.25, 0.3) is 5.91 Å². The number of nitrogens with zero attached hydrogens (tertiary/aromatic N) is 5. The topological polar surface area (TPSA) is 73.1 Å². The number of rotatable bonds is 3. The highest BCUT2D eigenvalue weighted by atomic mass is 19.4. The van der Waals surface area contributed by atoms with Crippen LogP contribution in [0.2, 0.25) is 0 Å². The summed E-state index contributed by atoms with van der Waals surface area (Å²) in [5, 5.41) is 9.45. The number of carbonyl (C=O) groups is 1. The highest BCUT2D eigenvalue weighted by Gasteiger charge is 2.38. The minimum absolute atomic E-state index is 0.144. The molecule has 0 atom stereocenters. The number of nitriles is 1. The number of alkyl halides is 3. The van der Waals surface area contributed by atoms with Crippen LogP contribution in [0.25, 0.3) is 10.9 Å². The molecule has 1 aliphatic rings. The molecule has 3 heterocycles. The first-order chi connectivity index (χ1) is 15.3. The van der Waals surface area contributed by atoms with Crippen molar-refractivity contribution in [2.24, 2.45) is 0 Å². The molecule has 1 aromatic carbocycles. The molecule has 6 nitrogen and oxygen atoms in total. The van der Waals surface area contributed by atoms with Crippen molar-refractivity contribution in [3.8, 4) is 6.07 Å². The van der Waals surface area contributed by atoms with Crippen molar-refractivity contribution in [2.45, 2.75) is 19.1 Å². The number of hydrogen-bond donors (Lipinski definition) is 0. The van der Waals surface area contributed by atoms with E-state index in [0.717, 1.165) is 5.56 Å². The Bertz CT molecular complexity index is 1190. The number of hydrogen-bond acceptors (Lipinski definition) is 5. The summed E-state index contributed by atoms with van der Waals surface area (Å²) < 4.78 is 41.0. The lowest BCUT2D eigenvalue weighted by Gasteiger charge is -2.23. The van der Waals surface area contributed by atoms with Crippen LogP contribution in [-0.4, -0.2) is 51.9 Å². The molecule has 1 saturated heterocycles. The molecule has 9 heteroatoms. The third-order valence-corrected chi connectivity index (χ3v) is 5.45. The van der Waals surface area contributed by atoms with Gasteiger partial charge < -0.3 is 4.90 Å². The van der Waals surface area contributed by atoms with Crippen molar-refractivity contribution >= 4 is 16.8 Å². The second-order valence-corrected chi connectivity index (χ2v) is 7.68. The van der Waals surface area contributed by atoms with Crippen molar-refractivity contribution in [1.82, 2.24) is 19.8 Å². The molecule has 0 bridgehead atoms. The van der Waals surface area contributed by atoms with E-state index < -0.39 is 23.3 Å². The molecule has 1 amide bonds. The zero-order valence-corrected chi connectivity index (χ0v) is 17.1. The van der Waals surface area contributed by atoms with Gasteiger partial charge >= 0.3 is 6.18 Å². The number of fused-ring (bicyclic) bond motifs is 1. The zero-order valence-electron chi connectivity index (χ0n) is 17.1. The Balaban J connectivity index is 1.54. The smallest absolute Gasteiger partial charge is 0.337 e. The summed E-state index contributed by atoms with van der Waals surface area (Å²) in [7, 11) is 0. The summed E-state index contributed by atoms with van der Waals surface area (Å²) in [5.41, 5.74) is 0.0795. The number of carbonyl (C=O) groups excluding carboxylic acids is 1. The van der Waals surface area contributed by atoms with Gasteiger partial charge in [0.15, 0.2) is 5.69 Å². The van der Waals surface area contributed by atoms with Crippen LogP contribution in [0.3, 0.4) is 0 Å². The minimum Gasteiger partial charge on any atom is -0.337 e. The second-order valence-electron chi connectivity index (χ2n) is 7.68. The van der Waals surface area contributed by atoms with E-state index >= 15 is 0 Å². The lowest BCUT2D eigenvalue weighted by atomic mass is 10.1. The summed E-state index contributed by atoms with van der Waals surface area (Å²) in [6, 6.07) is 12.0. The molecule has 0 radical (unpaired) electrons. The third-order valence-electron chi connectivity index (χ3n) is 5.45. The van der Waals surface area contributed by atoms with Gasteiger partial charge in [-0.2, -0.15) is 18.4 Å². The maximum Gasteiger partial charge on any atom is 0.434 e.